The van der Waals surface area contributed by atoms with Crippen LogP contribution in [0.15, 0.2) is 48.5 Å². The lowest BCUT2D eigenvalue weighted by atomic mass is 10.0. The highest BCUT2D eigenvalue weighted by molar-refractivity contribution is 5.90. The van der Waals surface area contributed by atoms with Gasteiger partial charge in [0.1, 0.15) is 6.10 Å². The highest BCUT2D eigenvalue weighted by Crippen LogP contribution is 2.24. The monoisotopic (exact) mass is 508 g/mol. The van der Waals surface area contributed by atoms with E-state index in [1.807, 2.05) is 43.3 Å². The third-order valence-electron chi connectivity index (χ3n) is 6.90. The molecule has 37 heavy (non-hydrogen) atoms. The molecular weight excluding hydrogens is 460 g/mol. The van der Waals surface area contributed by atoms with Crippen LogP contribution < -0.4 is 0 Å². The maximum Gasteiger partial charge on any atom is 0.338 e. The van der Waals surface area contributed by atoms with E-state index in [0.717, 1.165) is 29.5 Å². The topological polar surface area (TPSA) is 52.6 Å². The van der Waals surface area contributed by atoms with Gasteiger partial charge in [-0.3, -0.25) is 4.79 Å². The van der Waals surface area contributed by atoms with Crippen LogP contribution in [0.25, 0.3) is 11.1 Å². The van der Waals surface area contributed by atoms with Crippen molar-refractivity contribution in [1.29, 1.82) is 0 Å². The first-order valence-electron chi connectivity index (χ1n) is 14.6. The van der Waals surface area contributed by atoms with Crippen LogP contribution in [0.5, 0.6) is 0 Å². The largest absolute Gasteiger partial charge is 0.462 e. The van der Waals surface area contributed by atoms with Crippen molar-refractivity contribution in [3.8, 4) is 11.1 Å². The van der Waals surface area contributed by atoms with E-state index in [-0.39, 0.29) is 18.0 Å². The number of carbonyl (C=O) groups excluding carboxylic acids is 2. The molecule has 0 aliphatic heterocycles. The fourth-order valence-electron chi connectivity index (χ4n) is 4.57. The second-order valence-electron chi connectivity index (χ2n) is 10.0. The summed E-state index contributed by atoms with van der Waals surface area (Å²) in [4.78, 5) is 24.1. The molecule has 204 valence electrons. The van der Waals surface area contributed by atoms with Gasteiger partial charge >= 0.3 is 11.9 Å². The molecule has 0 radical (unpaired) electrons. The average molecular weight is 509 g/mol. The maximum atomic E-state index is 12.3. The molecular formula is C33H48O4. The number of ether oxygens (including phenoxy) is 2. The lowest BCUT2D eigenvalue weighted by molar-refractivity contribution is -0.148. The number of hydrogen-bond donors (Lipinski definition) is 0. The molecule has 2 aromatic carbocycles. The van der Waals surface area contributed by atoms with E-state index in [1.165, 1.54) is 70.6 Å². The SMILES string of the molecule is CCCCCCCCCCCCCCCC(=O)OC(C)c1ccc(-c2ccc(C(=O)OCC)cc2)cc1. The minimum absolute atomic E-state index is 0.116. The van der Waals surface area contributed by atoms with Gasteiger partial charge in [0.2, 0.25) is 0 Å². The normalized spacial score (nSPS) is 11.8. The Morgan fingerprint density at radius 3 is 1.59 bits per heavy atom. The summed E-state index contributed by atoms with van der Waals surface area (Å²) in [5.74, 6) is -0.423. The van der Waals surface area contributed by atoms with E-state index in [0.29, 0.717) is 18.6 Å². The van der Waals surface area contributed by atoms with Gasteiger partial charge < -0.3 is 9.47 Å². The summed E-state index contributed by atoms with van der Waals surface area (Å²) >= 11 is 0. The summed E-state index contributed by atoms with van der Waals surface area (Å²) in [6, 6.07) is 15.4. The number of carbonyl (C=O) groups is 2. The minimum atomic E-state index is -0.307. The molecule has 0 fully saturated rings. The Labute approximate surface area is 225 Å². The van der Waals surface area contributed by atoms with Crippen molar-refractivity contribution in [3.63, 3.8) is 0 Å². The molecule has 0 aliphatic carbocycles. The third-order valence-corrected chi connectivity index (χ3v) is 6.90. The summed E-state index contributed by atoms with van der Waals surface area (Å²) in [5.41, 5.74) is 3.59. The van der Waals surface area contributed by atoms with Gasteiger partial charge in [0.05, 0.1) is 12.2 Å². The summed E-state index contributed by atoms with van der Waals surface area (Å²) < 4.78 is 10.7. The predicted octanol–water partition coefficient (Wildman–Crippen LogP) is 9.62. The minimum Gasteiger partial charge on any atom is -0.462 e. The second-order valence-corrected chi connectivity index (χ2v) is 10.0. The van der Waals surface area contributed by atoms with Crippen molar-refractivity contribution in [3.05, 3.63) is 59.7 Å². The van der Waals surface area contributed by atoms with Gasteiger partial charge in [0.15, 0.2) is 0 Å². The summed E-state index contributed by atoms with van der Waals surface area (Å²) in [6.07, 6.45) is 17.1. The Hall–Kier alpha value is -2.62. The molecule has 0 heterocycles. The van der Waals surface area contributed by atoms with Crippen LogP contribution in [0.2, 0.25) is 0 Å². The van der Waals surface area contributed by atoms with Crippen LogP contribution in [0.4, 0.5) is 0 Å². The third kappa shape index (κ3) is 12.5. The molecule has 0 bridgehead atoms. The van der Waals surface area contributed by atoms with E-state index in [1.54, 1.807) is 19.1 Å². The van der Waals surface area contributed by atoms with Crippen LogP contribution in [0.1, 0.15) is 133 Å². The van der Waals surface area contributed by atoms with Gasteiger partial charge in [-0.15, -0.1) is 0 Å². The molecule has 0 aromatic heterocycles. The van der Waals surface area contributed by atoms with Gasteiger partial charge in [0.25, 0.3) is 0 Å². The first-order chi connectivity index (χ1) is 18.0. The Morgan fingerprint density at radius 2 is 1.11 bits per heavy atom. The first-order valence-corrected chi connectivity index (χ1v) is 14.6. The van der Waals surface area contributed by atoms with Gasteiger partial charge in [-0.1, -0.05) is 120 Å². The average Bonchev–Trinajstić information content (AvgIpc) is 2.91. The molecule has 0 saturated carbocycles. The van der Waals surface area contributed by atoms with Crippen LogP contribution in [-0.2, 0) is 14.3 Å². The predicted molar refractivity (Wildman–Crippen MR) is 153 cm³/mol. The van der Waals surface area contributed by atoms with E-state index in [4.69, 9.17) is 9.47 Å². The number of esters is 2. The molecule has 0 amide bonds. The zero-order valence-corrected chi connectivity index (χ0v) is 23.4. The summed E-state index contributed by atoms with van der Waals surface area (Å²) in [5, 5.41) is 0. The lowest BCUT2D eigenvalue weighted by Gasteiger charge is -2.14. The standard InChI is InChI=1S/C33H48O4/c1-4-6-7-8-9-10-11-12-13-14-15-16-17-18-32(34)37-27(3)28-19-21-29(22-20-28)30-23-25-31(26-24-30)33(35)36-5-2/h19-27H,4-18H2,1-3H3. The van der Waals surface area contributed by atoms with Gasteiger partial charge in [-0.25, -0.2) is 4.79 Å². The van der Waals surface area contributed by atoms with Crippen molar-refractivity contribution < 1.29 is 19.1 Å². The first kappa shape index (κ1) is 30.6. The maximum absolute atomic E-state index is 12.3. The van der Waals surface area contributed by atoms with Crippen molar-refractivity contribution in [2.24, 2.45) is 0 Å². The fraction of sp³-hybridized carbons (Fsp3) is 0.576. The highest BCUT2D eigenvalue weighted by Gasteiger charge is 2.12. The molecule has 4 heteroatoms. The smallest absolute Gasteiger partial charge is 0.338 e. The van der Waals surface area contributed by atoms with Crippen molar-refractivity contribution >= 4 is 11.9 Å². The molecule has 0 N–H and O–H groups in total. The Morgan fingerprint density at radius 1 is 0.649 bits per heavy atom. The van der Waals surface area contributed by atoms with Crippen molar-refractivity contribution in [2.45, 2.75) is 117 Å². The summed E-state index contributed by atoms with van der Waals surface area (Å²) in [6.45, 7) is 6.35. The van der Waals surface area contributed by atoms with Crippen molar-refractivity contribution in [1.82, 2.24) is 0 Å². The fourth-order valence-corrected chi connectivity index (χ4v) is 4.57. The Bertz CT molecular complexity index is 886. The van der Waals surface area contributed by atoms with Crippen LogP contribution in [-0.4, -0.2) is 18.5 Å². The van der Waals surface area contributed by atoms with Crippen LogP contribution in [0.3, 0.4) is 0 Å². The lowest BCUT2D eigenvalue weighted by Crippen LogP contribution is -2.08. The molecule has 0 aliphatic rings. The molecule has 0 saturated heterocycles. The van der Waals surface area contributed by atoms with E-state index in [2.05, 4.69) is 6.92 Å². The molecule has 2 aromatic rings. The quantitative estimate of drug-likeness (QED) is 0.140. The molecule has 2 rings (SSSR count). The summed E-state index contributed by atoms with van der Waals surface area (Å²) in [7, 11) is 0. The van der Waals surface area contributed by atoms with Gasteiger partial charge in [-0.05, 0) is 49.1 Å². The Balaban J connectivity index is 1.59. The number of hydrogen-bond acceptors (Lipinski definition) is 4. The van der Waals surface area contributed by atoms with Crippen molar-refractivity contribution in [2.75, 3.05) is 6.61 Å². The number of benzene rings is 2. The van der Waals surface area contributed by atoms with Gasteiger partial charge in [-0.2, -0.15) is 0 Å². The number of rotatable bonds is 19. The second kappa shape index (κ2) is 18.6. The number of unbranched alkanes of at least 4 members (excludes halogenated alkanes) is 12. The molecule has 0 spiro atoms. The molecule has 1 unspecified atom stereocenters. The molecule has 1 atom stereocenters. The zero-order chi connectivity index (χ0) is 26.7. The molecule has 4 nitrogen and oxygen atoms in total. The van der Waals surface area contributed by atoms with Crippen LogP contribution >= 0.6 is 0 Å². The van der Waals surface area contributed by atoms with E-state index in [9.17, 15) is 9.59 Å². The van der Waals surface area contributed by atoms with Gasteiger partial charge in [0, 0.05) is 6.42 Å². The Kier molecular flexibility index (Phi) is 15.4. The van der Waals surface area contributed by atoms with E-state index < -0.39 is 0 Å². The van der Waals surface area contributed by atoms with Crippen LogP contribution in [0, 0.1) is 0 Å². The highest BCUT2D eigenvalue weighted by atomic mass is 16.5. The zero-order valence-electron chi connectivity index (χ0n) is 23.4. The van der Waals surface area contributed by atoms with E-state index >= 15 is 0 Å².